The van der Waals surface area contributed by atoms with Crippen molar-refractivity contribution >= 4 is 21.0 Å². The molecule has 1 N–H and O–H groups in total. The minimum absolute atomic E-state index is 0.249. The lowest BCUT2D eigenvalue weighted by Gasteiger charge is -2.35. The topological polar surface area (TPSA) is 123 Å². The van der Waals surface area contributed by atoms with Crippen LogP contribution in [0, 0.1) is 0 Å². The molecule has 37 heavy (non-hydrogen) atoms. The molecule has 1 unspecified atom stereocenters. The molecule has 202 valence electrons. The number of aromatic nitrogens is 4. The van der Waals surface area contributed by atoms with Crippen LogP contribution in [-0.2, 0) is 36.9 Å². The summed E-state index contributed by atoms with van der Waals surface area (Å²) >= 11 is 0. The zero-order chi connectivity index (χ0) is 26.7. The number of β-amino-alcohol motifs (C(OH)–C–C–N with tert-alkyl or cyclic N) is 1. The number of aliphatic hydroxyl groups excluding tert-OH is 1. The van der Waals surface area contributed by atoms with Crippen molar-refractivity contribution in [2.24, 2.45) is 14.1 Å². The molecule has 1 atom stereocenters. The molecule has 0 aliphatic carbocycles. The molecule has 11 nitrogen and oxygen atoms in total. The van der Waals surface area contributed by atoms with Gasteiger partial charge in [-0.2, -0.15) is 0 Å². The third-order valence-corrected chi connectivity index (χ3v) is 8.94. The van der Waals surface area contributed by atoms with Gasteiger partial charge in [-0.05, 0) is 37.1 Å². The van der Waals surface area contributed by atoms with Crippen LogP contribution in [0.5, 0.6) is 0 Å². The van der Waals surface area contributed by atoms with Crippen molar-refractivity contribution in [2.45, 2.75) is 37.3 Å². The van der Waals surface area contributed by atoms with Crippen molar-refractivity contribution in [1.29, 1.82) is 0 Å². The minimum Gasteiger partial charge on any atom is -0.391 e. The van der Waals surface area contributed by atoms with Crippen LogP contribution < -0.4 is 11.2 Å². The summed E-state index contributed by atoms with van der Waals surface area (Å²) in [6, 6.07) is 6.86. The molecule has 1 saturated heterocycles. The van der Waals surface area contributed by atoms with Gasteiger partial charge in [-0.1, -0.05) is 19.1 Å². The number of fused-ring (bicyclic) bond motifs is 1. The van der Waals surface area contributed by atoms with Crippen LogP contribution in [0.4, 0.5) is 0 Å². The van der Waals surface area contributed by atoms with E-state index >= 15 is 0 Å². The molecule has 1 fully saturated rings. The Morgan fingerprint density at radius 3 is 2.27 bits per heavy atom. The first-order chi connectivity index (χ1) is 17.6. The fourth-order valence-electron chi connectivity index (χ4n) is 4.86. The molecule has 0 bridgehead atoms. The molecule has 0 saturated carbocycles. The van der Waals surface area contributed by atoms with E-state index in [0.29, 0.717) is 24.3 Å². The SMILES string of the molecule is CCc1ccc(S(=O)(=O)CC(O)CN2CCN(CCCn3cnc4c3c(=O)n(C)c(=O)n4C)CC2)cc1. The van der Waals surface area contributed by atoms with Crippen molar-refractivity contribution in [2.75, 3.05) is 45.0 Å². The van der Waals surface area contributed by atoms with Gasteiger partial charge >= 0.3 is 5.69 Å². The first-order valence-corrected chi connectivity index (χ1v) is 14.3. The standard InChI is InChI=1S/C25H36N6O5S/c1-4-19-6-8-21(9-7-19)37(35,36)17-20(32)16-30-14-12-29(13-15-30)10-5-11-31-18-26-23-22(31)24(33)28(3)25(34)27(23)2/h6-9,18,20,32H,4-5,10-17H2,1-3H3. The van der Waals surface area contributed by atoms with E-state index in [-0.39, 0.29) is 16.2 Å². The summed E-state index contributed by atoms with van der Waals surface area (Å²) in [7, 11) is -0.466. The highest BCUT2D eigenvalue weighted by Gasteiger charge is 2.24. The molecule has 2 aromatic heterocycles. The lowest BCUT2D eigenvalue weighted by molar-refractivity contribution is 0.0811. The number of nitrogens with zero attached hydrogens (tertiary/aromatic N) is 6. The summed E-state index contributed by atoms with van der Waals surface area (Å²) in [5, 5.41) is 10.5. The second-order valence-corrected chi connectivity index (χ2v) is 11.8. The zero-order valence-electron chi connectivity index (χ0n) is 21.7. The Morgan fingerprint density at radius 1 is 0.973 bits per heavy atom. The fourth-order valence-corrected chi connectivity index (χ4v) is 6.21. The summed E-state index contributed by atoms with van der Waals surface area (Å²) in [4.78, 5) is 33.6. The first-order valence-electron chi connectivity index (χ1n) is 12.7. The van der Waals surface area contributed by atoms with E-state index in [1.807, 2.05) is 19.1 Å². The highest BCUT2D eigenvalue weighted by molar-refractivity contribution is 7.91. The van der Waals surface area contributed by atoms with Crippen molar-refractivity contribution in [3.63, 3.8) is 0 Å². The zero-order valence-corrected chi connectivity index (χ0v) is 22.5. The van der Waals surface area contributed by atoms with Gasteiger partial charge in [0.25, 0.3) is 5.56 Å². The molecule has 0 radical (unpaired) electrons. The van der Waals surface area contributed by atoms with Crippen molar-refractivity contribution in [1.82, 2.24) is 28.5 Å². The third kappa shape index (κ3) is 6.03. The van der Waals surface area contributed by atoms with E-state index in [4.69, 9.17) is 0 Å². The van der Waals surface area contributed by atoms with Crippen LogP contribution in [0.25, 0.3) is 11.2 Å². The van der Waals surface area contributed by atoms with E-state index in [1.54, 1.807) is 30.1 Å². The average Bonchev–Trinajstić information content (AvgIpc) is 3.31. The number of benzene rings is 1. The molecule has 3 heterocycles. The number of hydrogen-bond donors (Lipinski definition) is 1. The van der Waals surface area contributed by atoms with Gasteiger partial charge in [-0.25, -0.2) is 18.2 Å². The van der Waals surface area contributed by atoms with Crippen LogP contribution in [0.1, 0.15) is 18.9 Å². The molecular formula is C25H36N6O5S. The highest BCUT2D eigenvalue weighted by atomic mass is 32.2. The number of sulfone groups is 1. The number of imidazole rings is 1. The Kier molecular flexibility index (Phi) is 8.32. The molecular weight excluding hydrogens is 496 g/mol. The van der Waals surface area contributed by atoms with Crippen molar-refractivity contribution < 1.29 is 13.5 Å². The lowest BCUT2D eigenvalue weighted by atomic mass is 10.2. The van der Waals surface area contributed by atoms with E-state index in [2.05, 4.69) is 14.8 Å². The number of aryl methyl sites for hydroxylation is 3. The Balaban J connectivity index is 1.24. The molecule has 12 heteroatoms. The van der Waals surface area contributed by atoms with Gasteiger partial charge in [0.15, 0.2) is 21.0 Å². The summed E-state index contributed by atoms with van der Waals surface area (Å²) in [5.74, 6) is -0.289. The van der Waals surface area contributed by atoms with Gasteiger partial charge in [0.2, 0.25) is 0 Å². The van der Waals surface area contributed by atoms with Gasteiger partial charge in [-0.15, -0.1) is 0 Å². The molecule has 1 aliphatic heterocycles. The first kappa shape index (κ1) is 27.2. The molecule has 0 spiro atoms. The van der Waals surface area contributed by atoms with Crippen LogP contribution in [-0.4, -0.2) is 93.1 Å². The van der Waals surface area contributed by atoms with E-state index in [9.17, 15) is 23.1 Å². The maximum absolute atomic E-state index is 12.7. The van der Waals surface area contributed by atoms with Gasteiger partial charge in [0.1, 0.15) is 0 Å². The maximum Gasteiger partial charge on any atom is 0.332 e. The van der Waals surface area contributed by atoms with Crippen molar-refractivity contribution in [3.05, 3.63) is 57.0 Å². The van der Waals surface area contributed by atoms with Crippen LogP contribution in [0.2, 0.25) is 0 Å². The molecule has 1 aliphatic rings. The van der Waals surface area contributed by atoms with Crippen LogP contribution in [0.15, 0.2) is 45.1 Å². The fraction of sp³-hybridized carbons (Fsp3) is 0.560. The molecule has 0 amide bonds. The van der Waals surface area contributed by atoms with Gasteiger partial charge in [0.05, 0.1) is 23.1 Å². The summed E-state index contributed by atoms with van der Waals surface area (Å²) in [5.41, 5.74) is 1.16. The predicted molar refractivity (Wildman–Crippen MR) is 142 cm³/mol. The number of aliphatic hydroxyl groups is 1. The third-order valence-electron chi connectivity index (χ3n) is 7.13. The van der Waals surface area contributed by atoms with Gasteiger partial charge < -0.3 is 14.6 Å². The Bertz CT molecular complexity index is 1450. The number of rotatable bonds is 10. The maximum atomic E-state index is 12.7. The molecule has 3 aromatic rings. The largest absolute Gasteiger partial charge is 0.391 e. The van der Waals surface area contributed by atoms with Crippen molar-refractivity contribution in [3.8, 4) is 0 Å². The highest BCUT2D eigenvalue weighted by Crippen LogP contribution is 2.15. The van der Waals surface area contributed by atoms with Crippen LogP contribution >= 0.6 is 0 Å². The molecule has 4 rings (SSSR count). The Hall–Kier alpha value is -2.80. The van der Waals surface area contributed by atoms with Gasteiger partial charge in [-0.3, -0.25) is 18.8 Å². The van der Waals surface area contributed by atoms with E-state index in [0.717, 1.165) is 55.7 Å². The Labute approximate surface area is 216 Å². The lowest BCUT2D eigenvalue weighted by Crippen LogP contribution is -2.49. The second-order valence-electron chi connectivity index (χ2n) is 9.74. The quantitative estimate of drug-likeness (QED) is 0.382. The van der Waals surface area contributed by atoms with Gasteiger partial charge in [0, 0.05) is 53.4 Å². The second kappa shape index (κ2) is 11.3. The normalized spacial score (nSPS) is 16.4. The minimum atomic E-state index is -3.54. The Morgan fingerprint density at radius 2 is 1.62 bits per heavy atom. The van der Waals surface area contributed by atoms with E-state index < -0.39 is 21.6 Å². The summed E-state index contributed by atoms with van der Waals surface area (Å²) in [6.07, 6.45) is 2.32. The predicted octanol–water partition coefficient (Wildman–Crippen LogP) is -0.161. The average molecular weight is 533 g/mol. The summed E-state index contributed by atoms with van der Waals surface area (Å²) < 4.78 is 29.6. The monoisotopic (exact) mass is 532 g/mol. The number of hydrogen-bond acceptors (Lipinski definition) is 8. The summed E-state index contributed by atoms with van der Waals surface area (Å²) in [6.45, 7) is 6.92. The smallest absolute Gasteiger partial charge is 0.332 e. The number of piperazine rings is 1. The van der Waals surface area contributed by atoms with Crippen LogP contribution in [0.3, 0.4) is 0 Å². The van der Waals surface area contributed by atoms with E-state index in [1.165, 1.54) is 11.6 Å². The molecule has 1 aromatic carbocycles.